The zero-order chi connectivity index (χ0) is 15.9. The van der Waals surface area contributed by atoms with Gasteiger partial charge in [-0.2, -0.15) is 0 Å². The molecule has 1 aromatic carbocycles. The lowest BCUT2D eigenvalue weighted by atomic mass is 10.1. The molecule has 1 unspecified atom stereocenters. The third-order valence-corrected chi connectivity index (χ3v) is 3.06. The standard InChI is InChI=1S/C15H15N3O4/c1-22-15(19)12(10-11-6-3-2-4-7-11)17-14-13(18(20)21)8-5-9-16-14/h2-9,12H,10H2,1H3,(H,16,17). The minimum Gasteiger partial charge on any atom is -0.467 e. The summed E-state index contributed by atoms with van der Waals surface area (Å²) in [7, 11) is 1.27. The summed E-state index contributed by atoms with van der Waals surface area (Å²) < 4.78 is 4.76. The molecule has 7 heteroatoms. The minimum atomic E-state index is -0.763. The average Bonchev–Trinajstić information content (AvgIpc) is 2.54. The van der Waals surface area contributed by atoms with Crippen molar-refractivity contribution >= 4 is 17.5 Å². The first-order valence-electron chi connectivity index (χ1n) is 6.59. The van der Waals surface area contributed by atoms with Crippen LogP contribution in [-0.4, -0.2) is 29.0 Å². The van der Waals surface area contributed by atoms with Crippen molar-refractivity contribution in [3.05, 3.63) is 64.3 Å². The fourth-order valence-corrected chi connectivity index (χ4v) is 2.01. The van der Waals surface area contributed by atoms with Crippen LogP contribution in [0.5, 0.6) is 0 Å². The number of esters is 1. The van der Waals surface area contributed by atoms with Crippen molar-refractivity contribution in [1.82, 2.24) is 4.98 Å². The number of carbonyl (C=O) groups is 1. The Bertz CT molecular complexity index is 661. The monoisotopic (exact) mass is 301 g/mol. The van der Waals surface area contributed by atoms with Gasteiger partial charge in [0.05, 0.1) is 12.0 Å². The largest absolute Gasteiger partial charge is 0.467 e. The van der Waals surface area contributed by atoms with Crippen LogP contribution in [0.2, 0.25) is 0 Å². The van der Waals surface area contributed by atoms with Crippen LogP contribution in [0.15, 0.2) is 48.7 Å². The van der Waals surface area contributed by atoms with Crippen molar-refractivity contribution in [2.45, 2.75) is 12.5 Å². The van der Waals surface area contributed by atoms with Crippen LogP contribution in [0.4, 0.5) is 11.5 Å². The van der Waals surface area contributed by atoms with Gasteiger partial charge in [-0.25, -0.2) is 9.78 Å². The van der Waals surface area contributed by atoms with E-state index in [2.05, 4.69) is 10.3 Å². The van der Waals surface area contributed by atoms with Gasteiger partial charge in [-0.05, 0) is 11.6 Å². The summed E-state index contributed by atoms with van der Waals surface area (Å²) in [5.41, 5.74) is 0.716. The van der Waals surface area contributed by atoms with E-state index in [-0.39, 0.29) is 11.5 Å². The number of methoxy groups -OCH3 is 1. The Labute approximate surface area is 127 Å². The second-order valence-electron chi connectivity index (χ2n) is 4.54. The summed E-state index contributed by atoms with van der Waals surface area (Å²) in [4.78, 5) is 26.3. The van der Waals surface area contributed by atoms with E-state index in [4.69, 9.17) is 4.74 Å². The maximum Gasteiger partial charge on any atom is 0.328 e. The van der Waals surface area contributed by atoms with Gasteiger partial charge < -0.3 is 10.1 Å². The maximum atomic E-state index is 11.9. The van der Waals surface area contributed by atoms with Crippen molar-refractivity contribution in [2.24, 2.45) is 0 Å². The number of aromatic nitrogens is 1. The molecule has 1 atom stereocenters. The number of pyridine rings is 1. The topological polar surface area (TPSA) is 94.4 Å². The summed E-state index contributed by atoms with van der Waals surface area (Å²) in [6, 6.07) is 11.3. The van der Waals surface area contributed by atoms with E-state index < -0.39 is 16.9 Å². The SMILES string of the molecule is COC(=O)C(Cc1ccccc1)Nc1ncccc1[N+](=O)[O-]. The van der Waals surface area contributed by atoms with E-state index in [9.17, 15) is 14.9 Å². The highest BCUT2D eigenvalue weighted by molar-refractivity contribution is 5.80. The van der Waals surface area contributed by atoms with Gasteiger partial charge in [0.2, 0.25) is 5.82 Å². The number of rotatable bonds is 6. The molecule has 22 heavy (non-hydrogen) atoms. The van der Waals surface area contributed by atoms with Gasteiger partial charge in [0.15, 0.2) is 0 Å². The van der Waals surface area contributed by atoms with Crippen LogP contribution < -0.4 is 5.32 Å². The molecule has 0 saturated carbocycles. The van der Waals surface area contributed by atoms with E-state index in [1.165, 1.54) is 25.4 Å². The second-order valence-corrected chi connectivity index (χ2v) is 4.54. The van der Waals surface area contributed by atoms with E-state index in [1.54, 1.807) is 0 Å². The third-order valence-electron chi connectivity index (χ3n) is 3.06. The molecule has 0 aliphatic rings. The van der Waals surface area contributed by atoms with Crippen LogP contribution in [0.25, 0.3) is 0 Å². The number of carbonyl (C=O) groups excluding carboxylic acids is 1. The molecular formula is C15H15N3O4. The maximum absolute atomic E-state index is 11.9. The van der Waals surface area contributed by atoms with Crippen LogP contribution in [0.1, 0.15) is 5.56 Å². The first-order valence-corrected chi connectivity index (χ1v) is 6.59. The average molecular weight is 301 g/mol. The third kappa shape index (κ3) is 3.78. The van der Waals surface area contributed by atoms with Crippen LogP contribution >= 0.6 is 0 Å². The molecular weight excluding hydrogens is 286 g/mol. The van der Waals surface area contributed by atoms with Gasteiger partial charge >= 0.3 is 11.7 Å². The van der Waals surface area contributed by atoms with Gasteiger partial charge in [0, 0.05) is 18.7 Å². The van der Waals surface area contributed by atoms with Crippen molar-refractivity contribution in [2.75, 3.05) is 12.4 Å². The quantitative estimate of drug-likeness (QED) is 0.499. The Morgan fingerprint density at radius 1 is 1.32 bits per heavy atom. The summed E-state index contributed by atoms with van der Waals surface area (Å²) >= 11 is 0. The Morgan fingerprint density at radius 2 is 2.05 bits per heavy atom. The number of ether oxygens (including phenoxy) is 1. The van der Waals surface area contributed by atoms with Crippen molar-refractivity contribution < 1.29 is 14.5 Å². The summed E-state index contributed by atoms with van der Waals surface area (Å²) in [6.45, 7) is 0. The van der Waals surface area contributed by atoms with E-state index in [1.807, 2.05) is 30.3 Å². The Kier molecular flexibility index (Phi) is 5.02. The van der Waals surface area contributed by atoms with Gasteiger partial charge in [-0.1, -0.05) is 30.3 Å². The molecule has 1 N–H and O–H groups in total. The van der Waals surface area contributed by atoms with Gasteiger partial charge in [0.25, 0.3) is 0 Å². The highest BCUT2D eigenvalue weighted by Gasteiger charge is 2.24. The molecule has 114 valence electrons. The Hall–Kier alpha value is -2.96. The van der Waals surface area contributed by atoms with Gasteiger partial charge in [0.1, 0.15) is 6.04 Å². The smallest absolute Gasteiger partial charge is 0.328 e. The number of nitro groups is 1. The van der Waals surface area contributed by atoms with Crippen LogP contribution in [-0.2, 0) is 16.0 Å². The van der Waals surface area contributed by atoms with Crippen molar-refractivity contribution in [1.29, 1.82) is 0 Å². The Morgan fingerprint density at radius 3 is 2.68 bits per heavy atom. The fraction of sp³-hybridized carbons (Fsp3) is 0.200. The molecule has 7 nitrogen and oxygen atoms in total. The molecule has 0 bridgehead atoms. The van der Waals surface area contributed by atoms with E-state index in [0.29, 0.717) is 6.42 Å². The van der Waals surface area contributed by atoms with Crippen molar-refractivity contribution in [3.63, 3.8) is 0 Å². The predicted molar refractivity (Wildman–Crippen MR) is 80.5 cm³/mol. The lowest BCUT2D eigenvalue weighted by Gasteiger charge is -2.17. The highest BCUT2D eigenvalue weighted by Crippen LogP contribution is 2.22. The number of nitrogens with zero attached hydrogens (tertiary/aromatic N) is 2. The van der Waals surface area contributed by atoms with E-state index >= 15 is 0 Å². The fourth-order valence-electron chi connectivity index (χ4n) is 2.01. The number of nitrogens with one attached hydrogen (secondary N) is 1. The number of anilines is 1. The molecule has 0 aliphatic heterocycles. The molecule has 0 fully saturated rings. The first-order chi connectivity index (χ1) is 10.6. The Balaban J connectivity index is 2.24. The van der Waals surface area contributed by atoms with Gasteiger partial charge in [-0.3, -0.25) is 10.1 Å². The lowest BCUT2D eigenvalue weighted by Crippen LogP contribution is -2.33. The molecule has 0 saturated heterocycles. The molecule has 0 amide bonds. The van der Waals surface area contributed by atoms with Gasteiger partial charge in [-0.15, -0.1) is 0 Å². The highest BCUT2D eigenvalue weighted by atomic mass is 16.6. The zero-order valence-corrected chi connectivity index (χ0v) is 11.9. The molecule has 0 aliphatic carbocycles. The summed E-state index contributed by atoms with van der Waals surface area (Å²) in [5.74, 6) is -0.470. The van der Waals surface area contributed by atoms with Crippen LogP contribution in [0.3, 0.4) is 0 Å². The van der Waals surface area contributed by atoms with Crippen LogP contribution in [0, 0.1) is 10.1 Å². The molecule has 0 radical (unpaired) electrons. The lowest BCUT2D eigenvalue weighted by molar-refractivity contribution is -0.384. The summed E-state index contributed by atoms with van der Waals surface area (Å²) in [6.07, 6.45) is 1.76. The zero-order valence-electron chi connectivity index (χ0n) is 11.9. The first kappa shape index (κ1) is 15.4. The second kappa shape index (κ2) is 7.16. The number of benzene rings is 1. The number of hydrogen-bond donors (Lipinski definition) is 1. The summed E-state index contributed by atoms with van der Waals surface area (Å²) in [5, 5.41) is 13.8. The van der Waals surface area contributed by atoms with E-state index in [0.717, 1.165) is 5.56 Å². The predicted octanol–water partition coefficient (Wildman–Crippen LogP) is 2.19. The minimum absolute atomic E-state index is 0.0406. The molecule has 1 heterocycles. The normalized spacial score (nSPS) is 11.5. The number of hydrogen-bond acceptors (Lipinski definition) is 6. The molecule has 2 aromatic rings. The molecule has 0 spiro atoms. The molecule has 1 aromatic heterocycles. The molecule has 2 rings (SSSR count). The van der Waals surface area contributed by atoms with Crippen molar-refractivity contribution in [3.8, 4) is 0 Å².